The summed E-state index contributed by atoms with van der Waals surface area (Å²) in [6.07, 6.45) is 2.27. The zero-order chi connectivity index (χ0) is 68.9. The molecule has 2 aromatic heterocycles. The van der Waals surface area contributed by atoms with Gasteiger partial charge in [-0.05, 0) is 91.6 Å². The Kier molecular flexibility index (Phi) is 26.3. The van der Waals surface area contributed by atoms with Gasteiger partial charge in [0.25, 0.3) is 0 Å². The number of H-pyrrole nitrogens is 2. The fourth-order valence-electron chi connectivity index (χ4n) is 11.4. The number of aliphatic hydroxyl groups excluding tert-OH is 1. The number of aromatic nitrogens is 3. The summed E-state index contributed by atoms with van der Waals surface area (Å²) in [7, 11) is 2.67. The summed E-state index contributed by atoms with van der Waals surface area (Å²) < 4.78 is 0. The summed E-state index contributed by atoms with van der Waals surface area (Å²) >= 11 is 0. The van der Waals surface area contributed by atoms with E-state index in [0.29, 0.717) is 46.0 Å². The number of aliphatic imine (C=N–C) groups is 1. The minimum atomic E-state index is -1.74. The molecule has 8 atom stereocenters. The number of aliphatic hydroxyl groups is 1. The molecule has 0 bridgehead atoms. The topological polar surface area (TPSA) is 428 Å². The first kappa shape index (κ1) is 72.2. The minimum Gasteiger partial charge on any atom is -0.508 e. The van der Waals surface area contributed by atoms with Crippen molar-refractivity contribution in [1.82, 2.24) is 61.6 Å². The number of ketones is 1. The molecule has 1 aliphatic heterocycles. The van der Waals surface area contributed by atoms with Crippen LogP contribution in [0.25, 0.3) is 21.9 Å². The largest absolute Gasteiger partial charge is 0.508 e. The number of likely N-dealkylation sites (tertiary alicyclic amines) is 1. The van der Waals surface area contributed by atoms with E-state index >= 15 is 14.4 Å². The van der Waals surface area contributed by atoms with Gasteiger partial charge in [0.05, 0.1) is 30.2 Å². The molecule has 28 heteroatoms. The van der Waals surface area contributed by atoms with E-state index in [9.17, 15) is 43.8 Å². The highest BCUT2D eigenvalue weighted by Gasteiger charge is 2.40. The van der Waals surface area contributed by atoms with Gasteiger partial charge >= 0.3 is 0 Å². The molecule has 95 heavy (non-hydrogen) atoms. The second-order valence-electron chi connectivity index (χ2n) is 24.3. The molecule has 0 spiro atoms. The average molecular weight is 1310 g/mol. The number of guanidine groups is 1. The molecular weight excluding hydrogens is 1220 g/mol. The Hall–Kier alpha value is -10.2. The average Bonchev–Trinajstić information content (AvgIpc) is 1.80. The van der Waals surface area contributed by atoms with E-state index in [0.717, 1.165) is 10.4 Å². The van der Waals surface area contributed by atoms with Crippen molar-refractivity contribution < 1.29 is 58.2 Å². The van der Waals surface area contributed by atoms with E-state index in [1.165, 1.54) is 55.1 Å². The summed E-state index contributed by atoms with van der Waals surface area (Å²) in [4.78, 5) is 161. The lowest BCUT2D eigenvalue weighted by molar-refractivity contribution is -0.144. The van der Waals surface area contributed by atoms with Crippen molar-refractivity contribution in [2.75, 3.05) is 46.9 Å². The second-order valence-corrected chi connectivity index (χ2v) is 24.3. The van der Waals surface area contributed by atoms with Crippen molar-refractivity contribution in [2.24, 2.45) is 28.1 Å². The molecule has 16 N–H and O–H groups in total. The predicted molar refractivity (Wildman–Crippen MR) is 355 cm³/mol. The molecule has 0 unspecified atom stereocenters. The first-order chi connectivity index (χ1) is 45.4. The van der Waals surface area contributed by atoms with Crippen molar-refractivity contribution in [3.05, 3.63) is 132 Å². The lowest BCUT2D eigenvalue weighted by atomic mass is 10.00. The highest BCUT2D eigenvalue weighted by atomic mass is 16.3. The Morgan fingerprint density at radius 3 is 1.92 bits per heavy atom. The van der Waals surface area contributed by atoms with E-state index < -0.39 is 108 Å². The van der Waals surface area contributed by atoms with Gasteiger partial charge in [-0.1, -0.05) is 86.6 Å². The van der Waals surface area contributed by atoms with Gasteiger partial charge in [-0.25, -0.2) is 4.98 Å². The quantitative estimate of drug-likeness (QED) is 0.0146. The fourth-order valence-corrected chi connectivity index (χ4v) is 11.4. The van der Waals surface area contributed by atoms with Crippen LogP contribution in [-0.2, 0) is 73.6 Å². The Morgan fingerprint density at radius 2 is 1.27 bits per heavy atom. The number of imidazole rings is 1. The lowest BCUT2D eigenvalue weighted by Gasteiger charge is -2.32. The van der Waals surface area contributed by atoms with Gasteiger partial charge in [0.2, 0.25) is 53.2 Å². The smallest absolute Gasteiger partial charge is 0.245 e. The number of phenolic OH excluding ortho intramolecular Hbond substituents is 1. The lowest BCUT2D eigenvalue weighted by Crippen LogP contribution is -2.61. The van der Waals surface area contributed by atoms with E-state index in [4.69, 9.17) is 17.2 Å². The number of aromatic hydroxyl groups is 1. The molecule has 3 heterocycles. The summed E-state index contributed by atoms with van der Waals surface area (Å²) in [6.45, 7) is 4.02. The van der Waals surface area contributed by atoms with E-state index in [-0.39, 0.29) is 107 Å². The molecule has 508 valence electrons. The van der Waals surface area contributed by atoms with Crippen LogP contribution in [0.5, 0.6) is 5.75 Å². The number of hydrogen-bond acceptors (Lipinski definition) is 15. The third-order valence-electron chi connectivity index (χ3n) is 16.5. The molecule has 7 rings (SSSR count). The fraction of sp³-hybridized carbons (Fsp3) is 0.433. The maximum Gasteiger partial charge on any atom is 0.245 e. The first-order valence-corrected chi connectivity index (χ1v) is 31.7. The summed E-state index contributed by atoms with van der Waals surface area (Å²) in [5.41, 5.74) is 20.4. The van der Waals surface area contributed by atoms with Gasteiger partial charge in [0.1, 0.15) is 53.9 Å². The van der Waals surface area contributed by atoms with Crippen LogP contribution in [0.3, 0.4) is 0 Å². The van der Waals surface area contributed by atoms with E-state index in [1.54, 1.807) is 66.9 Å². The number of carbonyl (C=O) groups is 10. The monoisotopic (exact) mass is 1310 g/mol. The van der Waals surface area contributed by atoms with Crippen molar-refractivity contribution >= 4 is 86.8 Å². The maximum atomic E-state index is 15.1. The zero-order valence-electron chi connectivity index (χ0n) is 54.1. The molecule has 1 aliphatic rings. The summed E-state index contributed by atoms with van der Waals surface area (Å²) in [6, 6.07) is 17.9. The van der Waals surface area contributed by atoms with Gasteiger partial charge in [-0.3, -0.25) is 52.9 Å². The number of nitrogens with two attached hydrogens (primary N) is 3. The van der Waals surface area contributed by atoms with Crippen molar-refractivity contribution in [2.45, 2.75) is 133 Å². The molecule has 0 radical (unpaired) electrons. The molecule has 4 aromatic carbocycles. The summed E-state index contributed by atoms with van der Waals surface area (Å²) in [5, 5.41) is 38.7. The van der Waals surface area contributed by atoms with Gasteiger partial charge in [-0.2, -0.15) is 0 Å². The number of fused-ring (bicyclic) bond motifs is 2. The molecule has 6 aromatic rings. The molecule has 28 nitrogen and oxygen atoms in total. The molecule has 0 aliphatic carbocycles. The highest BCUT2D eigenvalue weighted by molar-refractivity contribution is 5.99. The molecule has 0 saturated carbocycles. The number of benzene rings is 4. The van der Waals surface area contributed by atoms with Crippen LogP contribution < -0.4 is 49.1 Å². The van der Waals surface area contributed by atoms with Gasteiger partial charge in [0, 0.05) is 83.3 Å². The number of nitrogens with zero attached hydrogens (tertiary/aromatic N) is 5. The number of likely N-dealkylation sites (N-methyl/N-ethyl adjacent to an activating group) is 2. The van der Waals surface area contributed by atoms with E-state index in [1.807, 2.05) is 32.0 Å². The third-order valence-corrected chi connectivity index (χ3v) is 16.5. The van der Waals surface area contributed by atoms with Crippen LogP contribution in [0, 0.1) is 5.92 Å². The van der Waals surface area contributed by atoms with E-state index in [2.05, 4.69) is 51.8 Å². The first-order valence-electron chi connectivity index (χ1n) is 31.7. The normalized spacial score (nSPS) is 15.1. The number of para-hydroxylation sites is 3. The maximum absolute atomic E-state index is 15.1. The van der Waals surface area contributed by atoms with Crippen molar-refractivity contribution in [1.29, 1.82) is 0 Å². The molecular formula is C67H88N16O12. The Morgan fingerprint density at radius 1 is 0.695 bits per heavy atom. The Labute approximate surface area is 550 Å². The molecule has 1 fully saturated rings. The highest BCUT2D eigenvalue weighted by Crippen LogP contribution is 2.24. The number of phenols is 1. The number of amides is 9. The number of Topliss-reactive ketones (excluding diaryl/α,β-unsaturated/α-hetero) is 1. The number of nitrogens with one attached hydrogen (secondary N) is 8. The predicted octanol–water partition coefficient (Wildman–Crippen LogP) is 0.235. The van der Waals surface area contributed by atoms with Crippen LogP contribution in [0.1, 0.15) is 81.8 Å². The van der Waals surface area contributed by atoms with Crippen molar-refractivity contribution in [3.8, 4) is 5.75 Å². The van der Waals surface area contributed by atoms with Crippen LogP contribution in [0.4, 0.5) is 0 Å². The van der Waals surface area contributed by atoms with Crippen LogP contribution in [-0.4, -0.2) is 200 Å². The van der Waals surface area contributed by atoms with Crippen LogP contribution in [0.2, 0.25) is 0 Å². The number of rotatable bonds is 34. The SMILES string of the molecule is CC(=O)N(C)CC(=O)N[C@@H](Cc1ccccc1)C(=O)N[C@@H](Cc1c[nH]c2ccccc12)C(=O)N(C)[C@@H](CO)C(=O)N[C@@H](Cc1ccc(O)cc1)C(=O)N[C@H](Cc1nc2ccccc2[nH]1)C(=O)N[C@@H](CC(C)C)C(=O)N[C@@H](CCCN=C(N)N)C(=O)N1CCC[C@H]1C(=O)CCN. The number of aromatic amines is 2. The number of hydrogen-bond donors (Lipinski definition) is 13. The van der Waals surface area contributed by atoms with Gasteiger partial charge < -0.3 is 84.0 Å². The zero-order valence-corrected chi connectivity index (χ0v) is 54.1. The van der Waals surface area contributed by atoms with Gasteiger partial charge in [-0.15, -0.1) is 0 Å². The molecule has 1 saturated heterocycles. The second kappa shape index (κ2) is 34.6. The summed E-state index contributed by atoms with van der Waals surface area (Å²) in [5.74, 6) is -7.27. The van der Waals surface area contributed by atoms with Crippen molar-refractivity contribution in [3.63, 3.8) is 0 Å². The number of carbonyl (C=O) groups excluding carboxylic acids is 10. The third kappa shape index (κ3) is 20.6. The Bertz CT molecular complexity index is 3650. The van der Waals surface area contributed by atoms with Crippen LogP contribution >= 0.6 is 0 Å². The van der Waals surface area contributed by atoms with Gasteiger partial charge in [0.15, 0.2) is 11.7 Å². The van der Waals surface area contributed by atoms with Crippen LogP contribution in [0.15, 0.2) is 114 Å². The minimum absolute atomic E-state index is 0.0280. The Balaban J connectivity index is 1.18. The standard InChI is InChI=1S/C67H88N16O12/c1-39(2)31-50(60(89)76-49(21-13-29-71-67(69)70)66(95)83-30-14-22-55(83)57(87)27-28-68)77-63(92)53(35-58-73-47-19-11-12-20-48(47)74-58)78-62(91)52(33-42-23-25-44(86)26-24-42)79-64(93)56(38-84)82(5)65(94)54(34-43-36-72-46-18-10-9-17-45(43)46)80-61(90)51(32-41-15-7-6-8-16-41)75-59(88)37-81(4)40(3)85/h6-12,15-20,23-26,36,39,49-56,72,84,86H,13-14,21-22,27-35,37-38,68H2,1-5H3,(H,73,74)(H,75,88)(H,76,89)(H,77,92)(H,78,91)(H,79,93)(H,80,90)(H4,69,70,71)/t49-,50-,51-,52-,53+,54-,55-,56-/m0/s1. The molecule has 9 amide bonds.